The van der Waals surface area contributed by atoms with E-state index in [9.17, 15) is 4.79 Å². The van der Waals surface area contributed by atoms with Gasteiger partial charge in [0.2, 0.25) is 0 Å². The number of carbonyl (C=O) groups excluding carboxylic acids is 1. The van der Waals surface area contributed by atoms with Gasteiger partial charge in [0.05, 0.1) is 0 Å². The van der Waals surface area contributed by atoms with Gasteiger partial charge in [-0.1, -0.05) is 13.8 Å². The number of aldehydes is 1. The van der Waals surface area contributed by atoms with Crippen molar-refractivity contribution in [2.75, 3.05) is 0 Å². The highest BCUT2D eigenvalue weighted by Gasteiger charge is 2.27. The fraction of sp³-hybridized carbons (Fsp3) is 0.500. The highest BCUT2D eigenvalue weighted by Crippen LogP contribution is 2.34. The number of pyridine rings is 1. The lowest BCUT2D eigenvalue weighted by Gasteiger charge is -2.31. The Morgan fingerprint density at radius 2 is 2.29 bits per heavy atom. The fourth-order valence-electron chi connectivity index (χ4n) is 2.11. The maximum absolute atomic E-state index is 10.9. The molecule has 0 amide bonds. The minimum Gasteiger partial charge on any atom is -0.298 e. The van der Waals surface area contributed by atoms with Crippen LogP contribution in [0.3, 0.4) is 0 Å². The summed E-state index contributed by atoms with van der Waals surface area (Å²) in [5.41, 5.74) is 3.42. The molecule has 0 unspecified atom stereocenters. The number of nitrogens with zero attached hydrogens (tertiary/aromatic N) is 1. The molecule has 0 saturated heterocycles. The molecular weight excluding hydrogens is 174 g/mol. The van der Waals surface area contributed by atoms with Gasteiger partial charge >= 0.3 is 0 Å². The van der Waals surface area contributed by atoms with E-state index in [4.69, 9.17) is 0 Å². The third kappa shape index (κ3) is 1.57. The van der Waals surface area contributed by atoms with Crippen LogP contribution in [0, 0.1) is 5.41 Å². The lowest BCUT2D eigenvalue weighted by Crippen LogP contribution is -2.24. The van der Waals surface area contributed by atoms with Crippen LogP contribution in [0.2, 0.25) is 0 Å². The van der Waals surface area contributed by atoms with Crippen LogP contribution in [0.4, 0.5) is 0 Å². The zero-order valence-corrected chi connectivity index (χ0v) is 8.71. The molecule has 1 aliphatic carbocycles. The molecule has 0 aliphatic heterocycles. The first kappa shape index (κ1) is 9.38. The number of carbonyl (C=O) groups is 1. The van der Waals surface area contributed by atoms with Crippen LogP contribution in [0.25, 0.3) is 0 Å². The molecule has 0 spiro atoms. The summed E-state index contributed by atoms with van der Waals surface area (Å²) < 4.78 is 0. The Bertz CT molecular complexity index is 369. The maximum Gasteiger partial charge on any atom is 0.150 e. The van der Waals surface area contributed by atoms with Crippen molar-refractivity contribution in [3.63, 3.8) is 0 Å². The molecular formula is C12H15NO. The van der Waals surface area contributed by atoms with E-state index in [-0.39, 0.29) is 0 Å². The number of fused-ring (bicyclic) bond motifs is 1. The Kier molecular flexibility index (Phi) is 2.14. The van der Waals surface area contributed by atoms with E-state index < -0.39 is 0 Å². The van der Waals surface area contributed by atoms with Gasteiger partial charge in [-0.3, -0.25) is 9.78 Å². The largest absolute Gasteiger partial charge is 0.298 e. The summed E-state index contributed by atoms with van der Waals surface area (Å²) in [5, 5.41) is 0. The van der Waals surface area contributed by atoms with E-state index in [1.165, 1.54) is 5.56 Å². The number of rotatable bonds is 1. The average molecular weight is 189 g/mol. The van der Waals surface area contributed by atoms with Gasteiger partial charge in [-0.2, -0.15) is 0 Å². The Hall–Kier alpha value is -1.18. The second kappa shape index (κ2) is 3.19. The molecule has 0 N–H and O–H groups in total. The molecule has 0 bridgehead atoms. The van der Waals surface area contributed by atoms with Gasteiger partial charge in [0.15, 0.2) is 0 Å². The van der Waals surface area contributed by atoms with Crippen molar-refractivity contribution in [2.45, 2.75) is 33.1 Å². The smallest absolute Gasteiger partial charge is 0.150 e. The Balaban J connectivity index is 2.48. The lowest BCUT2D eigenvalue weighted by molar-refractivity contribution is 0.112. The molecule has 1 aromatic heterocycles. The zero-order valence-electron chi connectivity index (χ0n) is 8.71. The zero-order chi connectivity index (χ0) is 10.2. The topological polar surface area (TPSA) is 30.0 Å². The minimum absolute atomic E-state index is 0.313. The highest BCUT2D eigenvalue weighted by atomic mass is 16.1. The summed E-state index contributed by atoms with van der Waals surface area (Å²) in [5.74, 6) is 0. The lowest BCUT2D eigenvalue weighted by atomic mass is 9.75. The predicted octanol–water partition coefficient (Wildman–Crippen LogP) is 2.41. The van der Waals surface area contributed by atoms with E-state index in [0.29, 0.717) is 5.41 Å². The van der Waals surface area contributed by atoms with Crippen molar-refractivity contribution in [3.8, 4) is 0 Å². The fourth-order valence-corrected chi connectivity index (χ4v) is 2.11. The summed E-state index contributed by atoms with van der Waals surface area (Å²) >= 11 is 0. The van der Waals surface area contributed by atoms with Crippen molar-refractivity contribution >= 4 is 6.29 Å². The third-order valence-electron chi connectivity index (χ3n) is 3.00. The number of aromatic nitrogens is 1. The van der Waals surface area contributed by atoms with Crippen molar-refractivity contribution in [2.24, 2.45) is 5.41 Å². The molecule has 0 fully saturated rings. The van der Waals surface area contributed by atoms with Gasteiger partial charge in [0.1, 0.15) is 6.29 Å². The Labute approximate surface area is 84.4 Å². The van der Waals surface area contributed by atoms with Gasteiger partial charge in [-0.05, 0) is 36.3 Å². The van der Waals surface area contributed by atoms with Gasteiger partial charge in [0.25, 0.3) is 0 Å². The quantitative estimate of drug-likeness (QED) is 0.635. The van der Waals surface area contributed by atoms with E-state index in [0.717, 1.165) is 36.8 Å². The van der Waals surface area contributed by atoms with Gasteiger partial charge < -0.3 is 0 Å². The first-order valence-corrected chi connectivity index (χ1v) is 5.04. The van der Waals surface area contributed by atoms with Crippen molar-refractivity contribution in [3.05, 3.63) is 29.1 Å². The first-order chi connectivity index (χ1) is 6.62. The molecule has 2 rings (SSSR count). The number of aryl methyl sites for hydroxylation is 1. The van der Waals surface area contributed by atoms with E-state index in [2.05, 4.69) is 18.8 Å². The molecule has 0 saturated carbocycles. The number of hydrogen-bond donors (Lipinski definition) is 0. The van der Waals surface area contributed by atoms with Crippen LogP contribution in [-0.4, -0.2) is 11.3 Å². The first-order valence-electron chi connectivity index (χ1n) is 5.04. The summed E-state index contributed by atoms with van der Waals surface area (Å²) in [7, 11) is 0. The standard InChI is InChI=1S/C12H15NO/c1-12(2)5-3-11-10(7-12)9(8-14)4-6-13-11/h4,6,8H,3,5,7H2,1-2H3. The Morgan fingerprint density at radius 3 is 3.00 bits per heavy atom. The molecule has 0 radical (unpaired) electrons. The second-order valence-corrected chi connectivity index (χ2v) is 4.78. The van der Waals surface area contributed by atoms with Crippen molar-refractivity contribution < 1.29 is 4.79 Å². The maximum atomic E-state index is 10.9. The van der Waals surface area contributed by atoms with E-state index >= 15 is 0 Å². The van der Waals surface area contributed by atoms with Crippen LogP contribution in [-0.2, 0) is 12.8 Å². The molecule has 74 valence electrons. The van der Waals surface area contributed by atoms with Crippen LogP contribution in [0.15, 0.2) is 12.3 Å². The van der Waals surface area contributed by atoms with E-state index in [1.54, 1.807) is 6.20 Å². The van der Waals surface area contributed by atoms with Crippen LogP contribution in [0.1, 0.15) is 41.9 Å². The van der Waals surface area contributed by atoms with Crippen LogP contribution >= 0.6 is 0 Å². The summed E-state index contributed by atoms with van der Waals surface area (Å²) in [6.07, 6.45) is 5.83. The molecule has 0 aromatic carbocycles. The second-order valence-electron chi connectivity index (χ2n) is 4.78. The molecule has 1 aliphatic rings. The van der Waals surface area contributed by atoms with Crippen molar-refractivity contribution in [1.29, 1.82) is 0 Å². The highest BCUT2D eigenvalue weighted by molar-refractivity contribution is 5.77. The molecule has 14 heavy (non-hydrogen) atoms. The van der Waals surface area contributed by atoms with E-state index in [1.807, 2.05) is 6.07 Å². The molecule has 2 heteroatoms. The number of hydrogen-bond acceptors (Lipinski definition) is 2. The normalized spacial score (nSPS) is 18.7. The molecule has 1 heterocycles. The van der Waals surface area contributed by atoms with Gasteiger partial charge in [0, 0.05) is 17.5 Å². The summed E-state index contributed by atoms with van der Waals surface area (Å²) in [6, 6.07) is 1.81. The third-order valence-corrected chi connectivity index (χ3v) is 3.00. The monoisotopic (exact) mass is 189 g/mol. The van der Waals surface area contributed by atoms with Gasteiger partial charge in [-0.25, -0.2) is 0 Å². The van der Waals surface area contributed by atoms with Crippen LogP contribution < -0.4 is 0 Å². The van der Waals surface area contributed by atoms with Gasteiger partial charge in [-0.15, -0.1) is 0 Å². The Morgan fingerprint density at radius 1 is 1.50 bits per heavy atom. The summed E-state index contributed by atoms with van der Waals surface area (Å²) in [6.45, 7) is 4.50. The molecule has 0 atom stereocenters. The van der Waals surface area contributed by atoms with Crippen LogP contribution in [0.5, 0.6) is 0 Å². The average Bonchev–Trinajstić information content (AvgIpc) is 2.15. The minimum atomic E-state index is 0.313. The molecule has 2 nitrogen and oxygen atoms in total. The predicted molar refractivity (Wildman–Crippen MR) is 55.4 cm³/mol. The summed E-state index contributed by atoms with van der Waals surface area (Å²) in [4.78, 5) is 15.2. The SMILES string of the molecule is CC1(C)CCc2nccc(C=O)c2C1. The van der Waals surface area contributed by atoms with Crippen molar-refractivity contribution in [1.82, 2.24) is 4.98 Å². The molecule has 1 aromatic rings.